The van der Waals surface area contributed by atoms with E-state index < -0.39 is 333 Å². The molecule has 294 valence electrons. The van der Waals surface area contributed by atoms with Gasteiger partial charge in [-0.3, -0.25) is 0 Å². The molecule has 3 heteroatoms. The van der Waals surface area contributed by atoms with Gasteiger partial charge < -0.3 is 13.7 Å². The normalized spacial score (nSPS) is 19.8. The summed E-state index contributed by atoms with van der Waals surface area (Å²) in [6, 6.07) is -32.5. The number of aromatic nitrogens is 3. The van der Waals surface area contributed by atoms with Gasteiger partial charge in [-0.05, 0) is 93.9 Å². The quantitative estimate of drug-likeness (QED) is 0.158. The highest BCUT2D eigenvalue weighted by Gasteiger charge is 2.24. The lowest BCUT2D eigenvalue weighted by molar-refractivity contribution is 1.11. The van der Waals surface area contributed by atoms with Crippen LogP contribution in [0.25, 0.3) is 116 Å². The van der Waals surface area contributed by atoms with Crippen LogP contribution < -0.4 is 0 Å². The zero-order valence-electron chi connectivity index (χ0n) is 67.6. The third-order valence-corrected chi connectivity index (χ3v) is 10.5. The van der Waals surface area contributed by atoms with E-state index in [0.29, 0.717) is 0 Å². The van der Waals surface area contributed by atoms with Crippen molar-refractivity contribution in [1.82, 2.24) is 13.7 Å². The maximum Gasteiger partial charge on any atom is 0.0783 e. The van der Waals surface area contributed by atoms with Crippen molar-refractivity contribution in [2.45, 2.75) is 0 Å². The molecular formula is C60H39N3. The Morgan fingerprint density at radius 2 is 0.603 bits per heavy atom. The molecule has 0 amide bonds. The lowest BCUT2D eigenvalue weighted by Crippen LogP contribution is -2.03. The van der Waals surface area contributed by atoms with Crippen molar-refractivity contribution in [3.63, 3.8) is 0 Å². The third-order valence-electron chi connectivity index (χ3n) is 10.5. The van der Waals surface area contributed by atoms with Crippen molar-refractivity contribution in [3.8, 4) is 50.4 Å². The molecule has 0 aliphatic rings. The van der Waals surface area contributed by atoms with Crippen LogP contribution in [-0.4, -0.2) is 13.7 Å². The summed E-state index contributed by atoms with van der Waals surface area (Å²) in [6.07, 6.45) is 0. The summed E-state index contributed by atoms with van der Waals surface area (Å²) >= 11 is 0. The predicted molar refractivity (Wildman–Crippen MR) is 266 cm³/mol. The first kappa shape index (κ1) is 14.9. The van der Waals surface area contributed by atoms with Gasteiger partial charge in [-0.2, -0.15) is 0 Å². The summed E-state index contributed by atoms with van der Waals surface area (Å²) in [6.45, 7) is 0. The van der Waals surface area contributed by atoms with E-state index in [2.05, 4.69) is 0 Å². The fraction of sp³-hybridized carbons (Fsp3) is 0. The maximum absolute atomic E-state index is 10.2. The van der Waals surface area contributed by atoms with E-state index in [-0.39, 0.29) is 0 Å². The summed E-state index contributed by atoms with van der Waals surface area (Å²) in [5.74, 6) is 0. The SMILES string of the molecule is [2H]c1c([2H])c([2H])c(-c2cc(-c3c([2H])c([2H])c([2H])c(-c4c([2H])c([2H])c([2H])c([2H])c4[2H])c3[2H])cc(-n3c4c([2H])c([2H])c([2H])c([2H])c4c4c([2H])c([2H])c([2H])c(-n5c6c([2H])c([2H])c([2H])c([2H])c6c6c([2H])c([2H])c([2H])c(-n7c8c([2H])c([2H])c([2H])c([2H])c8c8c([2H])c([2H])c([2H])c([2H])c87)c65)c43)c2)c([2H])c1[2H]. The minimum absolute atomic E-state index is 0.495. The summed E-state index contributed by atoms with van der Waals surface area (Å²) in [4.78, 5) is 0. The fourth-order valence-electron chi connectivity index (χ4n) is 7.97. The number of benzene rings is 10. The first-order valence-electron chi connectivity index (χ1n) is 36.7. The first-order chi connectivity index (χ1) is 46.2. The van der Waals surface area contributed by atoms with E-state index in [9.17, 15) is 28.8 Å². The molecule has 10 aromatic carbocycles. The molecule has 0 fully saturated rings. The topological polar surface area (TPSA) is 14.8 Å². The Balaban J connectivity index is 1.35. The number of nitrogens with zero attached hydrogens (tertiary/aromatic N) is 3. The molecule has 63 heavy (non-hydrogen) atoms. The highest BCUT2D eigenvalue weighted by molar-refractivity contribution is 6.17. The van der Waals surface area contributed by atoms with Gasteiger partial charge in [-0.1, -0.05) is 175 Å². The zero-order chi connectivity index (χ0) is 72.8. The molecule has 0 saturated heterocycles. The van der Waals surface area contributed by atoms with Crippen LogP contribution in [0.3, 0.4) is 0 Å². The molecule has 0 radical (unpaired) electrons. The smallest absolute Gasteiger partial charge is 0.0783 e. The van der Waals surface area contributed by atoms with E-state index in [1.165, 1.54) is 0 Å². The lowest BCUT2D eigenvalue weighted by atomic mass is 9.95. The van der Waals surface area contributed by atoms with Gasteiger partial charge in [0.2, 0.25) is 0 Å². The van der Waals surface area contributed by atoms with Gasteiger partial charge in [-0.15, -0.1) is 0 Å². The Hall–Kier alpha value is -8.40. The van der Waals surface area contributed by atoms with Crippen LogP contribution in [0.4, 0.5) is 0 Å². The molecule has 0 unspecified atom stereocenters. The number of para-hydroxylation sites is 6. The zero-order valence-corrected chi connectivity index (χ0v) is 31.6. The summed E-state index contributed by atoms with van der Waals surface area (Å²) < 4.78 is 334. The Labute approximate surface area is 415 Å². The van der Waals surface area contributed by atoms with Crippen LogP contribution in [0.5, 0.6) is 0 Å². The molecule has 3 aromatic heterocycles. The molecule has 0 aliphatic heterocycles. The second kappa shape index (κ2) is 14.1. The average molecular weight is 838 g/mol. The minimum Gasteiger partial charge on any atom is -0.307 e. The van der Waals surface area contributed by atoms with Crippen molar-refractivity contribution >= 4 is 65.4 Å². The fourth-order valence-corrected chi connectivity index (χ4v) is 7.97. The number of hydrogen-bond donors (Lipinski definition) is 0. The molecular weight excluding hydrogens is 763 g/mol. The Morgan fingerprint density at radius 3 is 1.16 bits per heavy atom. The molecule has 3 heterocycles. The highest BCUT2D eigenvalue weighted by atomic mass is 15.1. The van der Waals surface area contributed by atoms with Crippen molar-refractivity contribution in [1.29, 1.82) is 0 Å². The summed E-state index contributed by atoms with van der Waals surface area (Å²) in [5, 5.41) is -4.03. The van der Waals surface area contributed by atoms with Crippen LogP contribution in [0.1, 0.15) is 49.3 Å². The molecule has 0 bridgehead atoms. The maximum atomic E-state index is 10.2. The number of fused-ring (bicyclic) bond motifs is 9. The minimum atomic E-state index is -1.17. The van der Waals surface area contributed by atoms with E-state index in [1.54, 1.807) is 0 Å². The Morgan fingerprint density at radius 1 is 0.254 bits per heavy atom. The highest BCUT2D eigenvalue weighted by Crippen LogP contribution is 2.44. The van der Waals surface area contributed by atoms with Gasteiger partial charge in [0.15, 0.2) is 0 Å². The standard InChI is InChI=1S/C60H39N3/c1-3-18-40(19-4-1)42-22-15-23-43(36-42)45-37-44(41-20-5-2-6-21-41)38-46(39-45)61-53-30-11-9-26-49(53)51-28-17-35-58(59(51)61)63-56-33-14-10-27-50(56)52-29-16-34-57(60(52)63)62-54-31-12-7-24-47(54)48-25-8-13-32-55(48)62/h1-39H/i1D,2D,3D,4D,5D,6D,7D,8D,9D,10D,11D,12D,13D,14D,15D,16D,17D,18D,19D,20D,21D,22D,23D,24D,25D,26D,27D,28D,29D,30D,31D,32D,33D,34D,35D,36D. The second-order valence-corrected chi connectivity index (χ2v) is 13.8. The van der Waals surface area contributed by atoms with Crippen LogP contribution >= 0.6 is 0 Å². The largest absolute Gasteiger partial charge is 0.307 e. The Bertz CT molecular complexity index is 5920. The van der Waals surface area contributed by atoms with E-state index >= 15 is 0 Å². The first-order valence-corrected chi connectivity index (χ1v) is 18.7. The molecule has 0 spiro atoms. The molecule has 13 rings (SSSR count). The van der Waals surface area contributed by atoms with Gasteiger partial charge in [0.05, 0.1) is 93.8 Å². The monoisotopic (exact) mass is 838 g/mol. The predicted octanol–water partition coefficient (Wildman–Crippen LogP) is 16.0. The number of rotatable bonds is 6. The average Bonchev–Trinajstić information content (AvgIpc) is 1.52. The van der Waals surface area contributed by atoms with Crippen molar-refractivity contribution in [3.05, 3.63) is 236 Å². The Kier molecular flexibility index (Phi) is 3.33. The molecule has 0 saturated carbocycles. The molecule has 0 atom stereocenters. The molecule has 3 nitrogen and oxygen atoms in total. The van der Waals surface area contributed by atoms with E-state index in [4.69, 9.17) is 20.6 Å². The molecule has 0 N–H and O–H groups in total. The van der Waals surface area contributed by atoms with Gasteiger partial charge in [0.1, 0.15) is 0 Å². The van der Waals surface area contributed by atoms with Crippen molar-refractivity contribution in [2.75, 3.05) is 0 Å². The third kappa shape index (κ3) is 5.46. The van der Waals surface area contributed by atoms with Crippen molar-refractivity contribution < 1.29 is 49.3 Å². The van der Waals surface area contributed by atoms with Gasteiger partial charge >= 0.3 is 0 Å². The van der Waals surface area contributed by atoms with Crippen molar-refractivity contribution in [2.24, 2.45) is 0 Å². The van der Waals surface area contributed by atoms with Gasteiger partial charge in [0, 0.05) is 38.0 Å². The summed E-state index contributed by atoms with van der Waals surface area (Å²) in [5.41, 5.74) is -11.0. The van der Waals surface area contributed by atoms with Gasteiger partial charge in [-0.25, -0.2) is 0 Å². The van der Waals surface area contributed by atoms with Crippen LogP contribution in [0, 0.1) is 0 Å². The van der Waals surface area contributed by atoms with Gasteiger partial charge in [0.25, 0.3) is 0 Å². The molecule has 13 aromatic rings. The summed E-state index contributed by atoms with van der Waals surface area (Å²) in [7, 11) is 0. The van der Waals surface area contributed by atoms with E-state index in [1.807, 2.05) is 0 Å². The van der Waals surface area contributed by atoms with Crippen LogP contribution in [0.2, 0.25) is 0 Å². The van der Waals surface area contributed by atoms with Crippen LogP contribution in [-0.2, 0) is 0 Å². The van der Waals surface area contributed by atoms with Crippen LogP contribution in [0.15, 0.2) is 236 Å². The molecule has 0 aliphatic carbocycles. The second-order valence-electron chi connectivity index (χ2n) is 13.8. The van der Waals surface area contributed by atoms with E-state index in [0.717, 1.165) is 31.9 Å². The number of hydrogen-bond acceptors (Lipinski definition) is 0. The lowest BCUT2D eigenvalue weighted by Gasteiger charge is -2.18.